The molecule has 0 spiro atoms. The van der Waals surface area contributed by atoms with Gasteiger partial charge in [-0.2, -0.15) is 11.8 Å². The lowest BCUT2D eigenvalue weighted by molar-refractivity contribution is 0.414. The number of ether oxygens (including phenoxy) is 1. The molecule has 132 valence electrons. The molecule has 2 N–H and O–H groups in total. The van der Waals surface area contributed by atoms with Crippen LogP contribution in [-0.2, 0) is 5.41 Å². The van der Waals surface area contributed by atoms with Crippen LogP contribution in [0.5, 0.6) is 5.75 Å². The highest BCUT2D eigenvalue weighted by molar-refractivity contribution is 8.00. The number of aliphatic imine (C=N–C) groups is 1. The molecule has 1 aliphatic heterocycles. The molecule has 4 nitrogen and oxygen atoms in total. The molecule has 2 aliphatic rings. The lowest BCUT2D eigenvalue weighted by Crippen LogP contribution is -2.45. The van der Waals surface area contributed by atoms with Gasteiger partial charge >= 0.3 is 0 Å². The summed E-state index contributed by atoms with van der Waals surface area (Å²) >= 11 is 2.08. The summed E-state index contributed by atoms with van der Waals surface area (Å²) in [7, 11) is 3.56. The molecule has 5 heteroatoms. The number of rotatable bonds is 6. The highest BCUT2D eigenvalue weighted by Gasteiger charge is 2.44. The first kappa shape index (κ1) is 17.5. The first-order valence-corrected chi connectivity index (χ1v) is 9.81. The van der Waals surface area contributed by atoms with Gasteiger partial charge in [-0.3, -0.25) is 4.99 Å². The van der Waals surface area contributed by atoms with Crippen molar-refractivity contribution >= 4 is 17.7 Å². The van der Waals surface area contributed by atoms with Gasteiger partial charge in [0.2, 0.25) is 0 Å². The summed E-state index contributed by atoms with van der Waals surface area (Å²) < 4.78 is 5.61. The minimum atomic E-state index is 0.260. The van der Waals surface area contributed by atoms with Crippen molar-refractivity contribution in [1.82, 2.24) is 10.6 Å². The third-order valence-electron chi connectivity index (χ3n) is 5.30. The van der Waals surface area contributed by atoms with E-state index in [-0.39, 0.29) is 5.41 Å². The number of hydrogen-bond donors (Lipinski definition) is 2. The smallest absolute Gasteiger partial charge is 0.191 e. The summed E-state index contributed by atoms with van der Waals surface area (Å²) in [5.41, 5.74) is 1.65. The van der Waals surface area contributed by atoms with E-state index >= 15 is 0 Å². The van der Waals surface area contributed by atoms with E-state index in [1.807, 2.05) is 7.05 Å². The van der Waals surface area contributed by atoms with Crippen LogP contribution in [0.1, 0.15) is 38.2 Å². The SMILES string of the molecule is CN=C(NCC1(C)CCCS1)NCC1(c2ccc(OC)cc2)CC1. The van der Waals surface area contributed by atoms with Gasteiger partial charge in [0.05, 0.1) is 7.11 Å². The van der Waals surface area contributed by atoms with Crippen LogP contribution in [0.15, 0.2) is 29.3 Å². The van der Waals surface area contributed by atoms with Gasteiger partial charge in [0.15, 0.2) is 5.96 Å². The molecule has 3 rings (SSSR count). The van der Waals surface area contributed by atoms with Gasteiger partial charge in [0.1, 0.15) is 5.75 Å². The Labute approximate surface area is 149 Å². The normalized spacial score (nSPS) is 25.4. The summed E-state index contributed by atoms with van der Waals surface area (Å²) in [5, 5.41) is 7.06. The molecule has 1 unspecified atom stereocenters. The second-order valence-corrected chi connectivity index (χ2v) is 8.87. The molecular weight excluding hydrogens is 318 g/mol. The van der Waals surface area contributed by atoms with E-state index in [2.05, 4.69) is 58.6 Å². The van der Waals surface area contributed by atoms with Crippen LogP contribution < -0.4 is 15.4 Å². The van der Waals surface area contributed by atoms with Crippen LogP contribution in [0.4, 0.5) is 0 Å². The second-order valence-electron chi connectivity index (χ2n) is 7.19. The van der Waals surface area contributed by atoms with Crippen LogP contribution in [0.2, 0.25) is 0 Å². The Morgan fingerprint density at radius 2 is 1.88 bits per heavy atom. The van der Waals surface area contributed by atoms with E-state index in [0.29, 0.717) is 4.75 Å². The molecule has 0 aromatic heterocycles. The summed E-state index contributed by atoms with van der Waals surface area (Å²) in [5.74, 6) is 3.12. The molecule has 1 aromatic rings. The second kappa shape index (κ2) is 7.26. The molecule has 1 atom stereocenters. The summed E-state index contributed by atoms with van der Waals surface area (Å²) in [4.78, 5) is 4.40. The van der Waals surface area contributed by atoms with Gasteiger partial charge in [-0.25, -0.2) is 0 Å². The standard InChI is InChI=1S/C19H29N3OS/c1-18(9-4-12-24-18)13-21-17(20-2)22-14-19(10-11-19)15-5-7-16(23-3)8-6-15/h5-8H,4,9-14H2,1-3H3,(H2,20,21,22). The van der Waals surface area contributed by atoms with Crippen molar-refractivity contribution in [2.45, 2.75) is 42.8 Å². The van der Waals surface area contributed by atoms with Crippen LogP contribution >= 0.6 is 11.8 Å². The van der Waals surface area contributed by atoms with Crippen molar-refractivity contribution in [2.24, 2.45) is 4.99 Å². The van der Waals surface area contributed by atoms with Gasteiger partial charge in [-0.15, -0.1) is 0 Å². The Hall–Kier alpha value is -1.36. The summed E-state index contributed by atoms with van der Waals surface area (Å²) in [6.07, 6.45) is 5.08. The zero-order chi connectivity index (χ0) is 17.0. The van der Waals surface area contributed by atoms with Crippen molar-refractivity contribution in [1.29, 1.82) is 0 Å². The van der Waals surface area contributed by atoms with Crippen molar-refractivity contribution in [2.75, 3.05) is 33.0 Å². The maximum absolute atomic E-state index is 5.26. The minimum absolute atomic E-state index is 0.260. The average molecular weight is 348 g/mol. The predicted octanol–water partition coefficient (Wildman–Crippen LogP) is 3.18. The van der Waals surface area contributed by atoms with E-state index in [0.717, 1.165) is 24.8 Å². The zero-order valence-corrected chi connectivity index (χ0v) is 15.8. The number of nitrogens with zero attached hydrogens (tertiary/aromatic N) is 1. The molecular formula is C19H29N3OS. The number of benzene rings is 1. The predicted molar refractivity (Wildman–Crippen MR) is 103 cm³/mol. The van der Waals surface area contributed by atoms with E-state index in [1.165, 1.54) is 37.0 Å². The Kier molecular flexibility index (Phi) is 5.28. The zero-order valence-electron chi connectivity index (χ0n) is 15.0. The highest BCUT2D eigenvalue weighted by atomic mass is 32.2. The topological polar surface area (TPSA) is 45.7 Å². The van der Waals surface area contributed by atoms with Gasteiger partial charge in [-0.05, 0) is 56.1 Å². The van der Waals surface area contributed by atoms with Gasteiger partial charge < -0.3 is 15.4 Å². The van der Waals surface area contributed by atoms with Gasteiger partial charge in [-0.1, -0.05) is 12.1 Å². The Morgan fingerprint density at radius 3 is 2.42 bits per heavy atom. The van der Waals surface area contributed by atoms with E-state index in [1.54, 1.807) is 7.11 Å². The molecule has 0 bridgehead atoms. The first-order chi connectivity index (χ1) is 11.6. The Bertz CT molecular complexity index is 575. The van der Waals surface area contributed by atoms with Crippen molar-refractivity contribution in [3.8, 4) is 5.75 Å². The van der Waals surface area contributed by atoms with Gasteiger partial charge in [0, 0.05) is 30.3 Å². The molecule has 1 heterocycles. The van der Waals surface area contributed by atoms with Crippen LogP contribution in [0, 0.1) is 0 Å². The fourth-order valence-electron chi connectivity index (χ4n) is 3.38. The largest absolute Gasteiger partial charge is 0.497 e. The Morgan fingerprint density at radius 1 is 1.17 bits per heavy atom. The lowest BCUT2D eigenvalue weighted by Gasteiger charge is -2.25. The molecule has 2 fully saturated rings. The summed E-state index contributed by atoms with van der Waals surface area (Å²) in [6.45, 7) is 4.26. The van der Waals surface area contributed by atoms with Crippen LogP contribution in [0.25, 0.3) is 0 Å². The molecule has 1 aliphatic carbocycles. The summed E-state index contributed by atoms with van der Waals surface area (Å²) in [6, 6.07) is 8.50. The number of thioether (sulfide) groups is 1. The molecule has 1 saturated carbocycles. The van der Waals surface area contributed by atoms with Crippen LogP contribution in [0.3, 0.4) is 0 Å². The van der Waals surface area contributed by atoms with Crippen molar-refractivity contribution in [3.05, 3.63) is 29.8 Å². The van der Waals surface area contributed by atoms with E-state index < -0.39 is 0 Å². The monoisotopic (exact) mass is 347 g/mol. The third-order valence-corrected chi connectivity index (χ3v) is 6.84. The number of hydrogen-bond acceptors (Lipinski definition) is 3. The fraction of sp³-hybridized carbons (Fsp3) is 0.632. The number of guanidine groups is 1. The third kappa shape index (κ3) is 4.00. The maximum Gasteiger partial charge on any atom is 0.191 e. The van der Waals surface area contributed by atoms with E-state index in [9.17, 15) is 0 Å². The van der Waals surface area contributed by atoms with E-state index in [4.69, 9.17) is 4.74 Å². The van der Waals surface area contributed by atoms with Crippen molar-refractivity contribution < 1.29 is 4.74 Å². The lowest BCUT2D eigenvalue weighted by atomic mass is 9.96. The molecule has 0 amide bonds. The molecule has 0 radical (unpaired) electrons. The molecule has 1 aromatic carbocycles. The van der Waals surface area contributed by atoms with Gasteiger partial charge in [0.25, 0.3) is 0 Å². The first-order valence-electron chi connectivity index (χ1n) is 8.82. The number of nitrogens with one attached hydrogen (secondary N) is 2. The minimum Gasteiger partial charge on any atom is -0.497 e. The number of methoxy groups -OCH3 is 1. The maximum atomic E-state index is 5.26. The molecule has 1 saturated heterocycles. The fourth-order valence-corrected chi connectivity index (χ4v) is 4.63. The average Bonchev–Trinajstić information content (AvgIpc) is 3.29. The van der Waals surface area contributed by atoms with Crippen LogP contribution in [-0.4, -0.2) is 43.7 Å². The van der Waals surface area contributed by atoms with Crippen molar-refractivity contribution in [3.63, 3.8) is 0 Å². The highest BCUT2D eigenvalue weighted by Crippen LogP contribution is 2.47. The molecule has 24 heavy (non-hydrogen) atoms. The quantitative estimate of drug-likeness (QED) is 0.613. The Balaban J connectivity index is 1.53.